The van der Waals surface area contributed by atoms with Crippen molar-refractivity contribution >= 4 is 19.2 Å². The first-order valence-electron chi connectivity index (χ1n) is 5.93. The smallest absolute Gasteiger partial charge is 0.367 e. The Morgan fingerprint density at radius 2 is 2.11 bits per heavy atom. The van der Waals surface area contributed by atoms with Gasteiger partial charge in [0.05, 0.1) is 12.7 Å². The normalized spacial score (nSPS) is 11.9. The van der Waals surface area contributed by atoms with Crippen LogP contribution >= 0.6 is 8.25 Å². The van der Waals surface area contributed by atoms with Gasteiger partial charge in [0.2, 0.25) is 5.52 Å². The molecule has 1 atom stereocenters. The molecule has 0 fully saturated rings. The number of nitrogens with zero attached hydrogens (tertiary/aromatic N) is 1. The summed E-state index contributed by atoms with van der Waals surface area (Å²) < 4.78 is 23.9. The van der Waals surface area contributed by atoms with Gasteiger partial charge >= 0.3 is 8.25 Å². The molecule has 0 saturated carbocycles. The molecule has 2 aromatic rings. The van der Waals surface area contributed by atoms with E-state index < -0.39 is 8.25 Å². The number of hydrogen-bond donors (Lipinski definition) is 0. The monoisotopic (exact) mass is 393 g/mol. The van der Waals surface area contributed by atoms with Crippen LogP contribution in [0.2, 0.25) is 0 Å². The molecule has 19 heavy (non-hydrogen) atoms. The minimum absolute atomic E-state index is 0. The summed E-state index contributed by atoms with van der Waals surface area (Å²) in [5.41, 5.74) is 1.03. The molecule has 0 saturated heterocycles. The van der Waals surface area contributed by atoms with Crippen molar-refractivity contribution in [3.63, 3.8) is 0 Å². The third kappa shape index (κ3) is 4.44. The second-order valence-electron chi connectivity index (χ2n) is 4.04. The molecule has 1 aromatic carbocycles. The third-order valence-electron chi connectivity index (χ3n) is 2.59. The van der Waals surface area contributed by atoms with Crippen molar-refractivity contribution in [2.24, 2.45) is 7.05 Å². The molecule has 0 aliphatic rings. The second-order valence-corrected chi connectivity index (χ2v) is 5.03. The van der Waals surface area contributed by atoms with Crippen LogP contribution in [0.5, 0.6) is 5.75 Å². The van der Waals surface area contributed by atoms with Crippen LogP contribution in [0.1, 0.15) is 13.3 Å². The number of hydrogen-bond acceptors (Lipinski definition) is 3. The summed E-state index contributed by atoms with van der Waals surface area (Å²) in [6, 6.07) is 9.62. The molecule has 0 amide bonds. The number of pyridine rings is 1. The van der Waals surface area contributed by atoms with Crippen LogP contribution in [0.4, 0.5) is 0 Å². The lowest BCUT2D eigenvalue weighted by atomic mass is 10.2. The van der Waals surface area contributed by atoms with E-state index in [1.165, 1.54) is 0 Å². The van der Waals surface area contributed by atoms with E-state index in [2.05, 4.69) is 0 Å². The van der Waals surface area contributed by atoms with Gasteiger partial charge in [0.1, 0.15) is 12.8 Å². The Kier molecular flexibility index (Phi) is 6.75. The summed E-state index contributed by atoms with van der Waals surface area (Å²) in [5.74, 6) is 0.573. The van der Waals surface area contributed by atoms with Crippen molar-refractivity contribution < 1.29 is 42.2 Å². The molecule has 104 valence electrons. The first kappa shape index (κ1) is 16.4. The third-order valence-corrected chi connectivity index (χ3v) is 3.43. The summed E-state index contributed by atoms with van der Waals surface area (Å²) in [6.45, 7) is 2.42. The number of fused-ring (bicyclic) bond motifs is 1. The molecule has 0 spiro atoms. The van der Waals surface area contributed by atoms with Crippen molar-refractivity contribution in [1.29, 1.82) is 0 Å². The zero-order valence-corrected chi connectivity index (χ0v) is 14.1. The Morgan fingerprint density at radius 3 is 2.84 bits per heavy atom. The number of aromatic nitrogens is 1. The number of halogens is 1. The fraction of sp³-hybridized carbons (Fsp3) is 0.308. The lowest BCUT2D eigenvalue weighted by Gasteiger charge is -2.06. The fourth-order valence-corrected chi connectivity index (χ4v) is 2.45. The van der Waals surface area contributed by atoms with E-state index in [4.69, 9.17) is 9.05 Å². The maximum absolute atomic E-state index is 11.5. The van der Waals surface area contributed by atoms with Crippen molar-refractivity contribution in [1.82, 2.24) is 0 Å². The molecule has 2 rings (SSSR count). The highest BCUT2D eigenvalue weighted by Gasteiger charge is 2.08. The highest BCUT2D eigenvalue weighted by molar-refractivity contribution is 7.33. The predicted molar refractivity (Wildman–Crippen MR) is 71.0 cm³/mol. The topological polar surface area (TPSA) is 39.4 Å². The van der Waals surface area contributed by atoms with Crippen molar-refractivity contribution in [2.45, 2.75) is 13.3 Å². The minimum Gasteiger partial charge on any atom is -1.00 e. The molecule has 0 aliphatic heterocycles. The van der Waals surface area contributed by atoms with Crippen molar-refractivity contribution in [3.8, 4) is 5.75 Å². The largest absolute Gasteiger partial charge is 1.00 e. The Morgan fingerprint density at radius 1 is 1.32 bits per heavy atom. The average Bonchev–Trinajstić information content (AvgIpc) is 2.37. The van der Waals surface area contributed by atoms with E-state index in [1.807, 2.05) is 49.0 Å². The van der Waals surface area contributed by atoms with Gasteiger partial charge in [-0.1, -0.05) is 6.92 Å². The lowest BCUT2D eigenvalue weighted by molar-refractivity contribution is -0.644. The zero-order valence-electron chi connectivity index (χ0n) is 10.9. The average molecular weight is 393 g/mol. The minimum atomic E-state index is -2.44. The zero-order chi connectivity index (χ0) is 13.0. The molecular formula is C13H17INO3P. The Labute approximate surface area is 130 Å². The highest BCUT2D eigenvalue weighted by atomic mass is 127. The van der Waals surface area contributed by atoms with Gasteiger partial charge in [-0.25, -0.2) is 9.13 Å². The molecule has 0 aliphatic carbocycles. The summed E-state index contributed by atoms with van der Waals surface area (Å²) in [7, 11) is -0.483. The molecule has 4 nitrogen and oxygen atoms in total. The lowest BCUT2D eigenvalue weighted by Crippen LogP contribution is -3.00. The standard InChI is InChI=1S/C13H17NO3P.HI/c1-3-9-16-18(15)17-12-7-6-11-5-4-8-14(2)13(11)10-12;/h4-8,10,18H,3,9H2,1-2H3;1H/q+1;/p-1. The van der Waals surface area contributed by atoms with Gasteiger partial charge in [-0.05, 0) is 24.6 Å². The summed E-state index contributed by atoms with van der Waals surface area (Å²) in [6.07, 6.45) is 2.79. The predicted octanol–water partition coefficient (Wildman–Crippen LogP) is -0.137. The van der Waals surface area contributed by atoms with Gasteiger partial charge in [0.25, 0.3) is 0 Å². The van der Waals surface area contributed by atoms with Crippen molar-refractivity contribution in [2.75, 3.05) is 6.61 Å². The summed E-state index contributed by atoms with van der Waals surface area (Å²) >= 11 is 0. The molecule has 1 heterocycles. The van der Waals surface area contributed by atoms with Crippen LogP contribution in [-0.4, -0.2) is 6.61 Å². The molecule has 1 unspecified atom stereocenters. The summed E-state index contributed by atoms with van der Waals surface area (Å²) in [5, 5.41) is 1.11. The van der Waals surface area contributed by atoms with Gasteiger partial charge in [-0.3, -0.25) is 0 Å². The number of benzene rings is 1. The van der Waals surface area contributed by atoms with E-state index in [0.717, 1.165) is 17.3 Å². The molecule has 0 radical (unpaired) electrons. The van der Waals surface area contributed by atoms with Crippen LogP contribution in [0, 0.1) is 0 Å². The quantitative estimate of drug-likeness (QED) is 0.404. The van der Waals surface area contributed by atoms with Crippen LogP contribution in [0.3, 0.4) is 0 Å². The van der Waals surface area contributed by atoms with Gasteiger partial charge in [0.15, 0.2) is 6.20 Å². The molecule has 1 aromatic heterocycles. The highest BCUT2D eigenvalue weighted by Crippen LogP contribution is 2.29. The van der Waals surface area contributed by atoms with E-state index in [0.29, 0.717) is 12.4 Å². The van der Waals surface area contributed by atoms with Crippen LogP contribution in [0.15, 0.2) is 36.5 Å². The van der Waals surface area contributed by atoms with Crippen LogP contribution in [-0.2, 0) is 16.1 Å². The van der Waals surface area contributed by atoms with Gasteiger partial charge < -0.3 is 33.0 Å². The second kappa shape index (κ2) is 7.82. The molecule has 0 bridgehead atoms. The molecular weight excluding hydrogens is 376 g/mol. The maximum atomic E-state index is 11.5. The molecule has 0 N–H and O–H groups in total. The van der Waals surface area contributed by atoms with E-state index in [1.54, 1.807) is 6.07 Å². The van der Waals surface area contributed by atoms with Gasteiger partial charge in [-0.15, -0.1) is 0 Å². The molecule has 6 heteroatoms. The maximum Gasteiger partial charge on any atom is 0.367 e. The Hall–Kier alpha value is -0.650. The van der Waals surface area contributed by atoms with Crippen LogP contribution in [0.25, 0.3) is 10.9 Å². The van der Waals surface area contributed by atoms with E-state index in [-0.39, 0.29) is 24.0 Å². The fourth-order valence-electron chi connectivity index (χ4n) is 1.70. The van der Waals surface area contributed by atoms with Gasteiger partial charge in [-0.2, -0.15) is 0 Å². The van der Waals surface area contributed by atoms with Gasteiger partial charge in [0, 0.05) is 11.5 Å². The van der Waals surface area contributed by atoms with E-state index >= 15 is 0 Å². The Balaban J connectivity index is 0.00000180. The van der Waals surface area contributed by atoms with Crippen molar-refractivity contribution in [3.05, 3.63) is 36.5 Å². The van der Waals surface area contributed by atoms with E-state index in [9.17, 15) is 4.57 Å². The van der Waals surface area contributed by atoms with Crippen LogP contribution < -0.4 is 33.1 Å². The number of rotatable bonds is 5. The summed E-state index contributed by atoms with van der Waals surface area (Å²) in [4.78, 5) is 0. The number of aryl methyl sites for hydroxylation is 1. The Bertz CT molecular complexity index is 577. The first-order chi connectivity index (χ1) is 8.70. The SMILES string of the molecule is CCCO[PH](=O)Oc1ccc2ccc[n+](C)c2c1.[I-]. The first-order valence-corrected chi connectivity index (χ1v) is 7.16.